The molecule has 1 aliphatic carbocycles. The van der Waals surface area contributed by atoms with Gasteiger partial charge >= 0.3 is 0 Å². The number of aromatic nitrogens is 1. The predicted octanol–water partition coefficient (Wildman–Crippen LogP) is 4.32. The van der Waals surface area contributed by atoms with Crippen molar-refractivity contribution in [2.24, 2.45) is 0 Å². The molecule has 3 heteroatoms. The number of rotatable bonds is 4. The van der Waals surface area contributed by atoms with E-state index in [0.29, 0.717) is 12.3 Å². The number of hydrogen-bond donors (Lipinski definition) is 0. The molecule has 1 aliphatic rings. The van der Waals surface area contributed by atoms with Gasteiger partial charge in [-0.05, 0) is 24.8 Å². The topological polar surface area (TPSA) is 36.7 Å². The van der Waals surface area contributed by atoms with Crippen LogP contribution in [0.1, 0.15) is 41.8 Å². The number of thiazole rings is 1. The van der Waals surface area contributed by atoms with E-state index in [1.807, 2.05) is 0 Å². The maximum Gasteiger partial charge on any atom is 0.123 e. The average molecular weight is 268 g/mol. The Balaban J connectivity index is 1.95. The van der Waals surface area contributed by atoms with Crippen molar-refractivity contribution in [3.8, 4) is 16.6 Å². The third-order valence-electron chi connectivity index (χ3n) is 3.54. The normalized spacial score (nSPS) is 14.3. The van der Waals surface area contributed by atoms with E-state index in [2.05, 4.69) is 37.3 Å². The molecule has 3 rings (SSSR count). The molecule has 2 aromatic rings. The summed E-state index contributed by atoms with van der Waals surface area (Å²) >= 11 is 1.69. The van der Waals surface area contributed by atoms with Gasteiger partial charge in [0.25, 0.3) is 0 Å². The van der Waals surface area contributed by atoms with Crippen LogP contribution in [0.25, 0.3) is 10.6 Å². The maximum atomic E-state index is 8.92. The number of hydrogen-bond acceptors (Lipinski definition) is 3. The van der Waals surface area contributed by atoms with Crippen LogP contribution in [0.2, 0.25) is 0 Å². The van der Waals surface area contributed by atoms with Gasteiger partial charge in [0.1, 0.15) is 5.01 Å². The van der Waals surface area contributed by atoms with E-state index < -0.39 is 0 Å². The van der Waals surface area contributed by atoms with Crippen LogP contribution in [0.3, 0.4) is 0 Å². The maximum absolute atomic E-state index is 8.92. The van der Waals surface area contributed by atoms with Crippen LogP contribution in [0.5, 0.6) is 0 Å². The van der Waals surface area contributed by atoms with E-state index in [1.54, 1.807) is 11.3 Å². The standard InChI is InChI=1S/C16H16N2S/c1-2-11-3-5-13(6-4-11)16-18-15(12-7-8-12)14(19-16)9-10-17/h3-6,12H,2,7-9H2,1H3. The first-order chi connectivity index (χ1) is 9.31. The van der Waals surface area contributed by atoms with Gasteiger partial charge < -0.3 is 0 Å². The van der Waals surface area contributed by atoms with Crippen molar-refractivity contribution in [1.29, 1.82) is 5.26 Å². The number of nitriles is 1. The Kier molecular flexibility index (Phi) is 3.35. The van der Waals surface area contributed by atoms with Gasteiger partial charge in [0.2, 0.25) is 0 Å². The van der Waals surface area contributed by atoms with Crippen LogP contribution in [-0.2, 0) is 12.8 Å². The molecule has 0 radical (unpaired) electrons. The molecule has 1 aromatic heterocycles. The lowest BCUT2D eigenvalue weighted by Crippen LogP contribution is -1.86. The third-order valence-corrected chi connectivity index (χ3v) is 4.66. The van der Waals surface area contributed by atoms with Crippen LogP contribution in [0.15, 0.2) is 24.3 Å². The fourth-order valence-corrected chi connectivity index (χ4v) is 3.33. The van der Waals surface area contributed by atoms with Crippen LogP contribution in [-0.4, -0.2) is 4.98 Å². The average Bonchev–Trinajstić information content (AvgIpc) is 3.21. The first kappa shape index (κ1) is 12.4. The lowest BCUT2D eigenvalue weighted by atomic mass is 10.1. The Morgan fingerprint density at radius 2 is 2.05 bits per heavy atom. The van der Waals surface area contributed by atoms with Crippen molar-refractivity contribution in [2.75, 3.05) is 0 Å². The molecule has 1 heterocycles. The molecular weight excluding hydrogens is 252 g/mol. The third kappa shape index (κ3) is 2.54. The summed E-state index contributed by atoms with van der Waals surface area (Å²) in [6, 6.07) is 10.9. The largest absolute Gasteiger partial charge is 0.240 e. The lowest BCUT2D eigenvalue weighted by molar-refractivity contribution is 1.02. The molecule has 0 atom stereocenters. The summed E-state index contributed by atoms with van der Waals surface area (Å²) in [4.78, 5) is 5.95. The van der Waals surface area contributed by atoms with E-state index in [-0.39, 0.29) is 0 Å². The Hall–Kier alpha value is -1.66. The minimum absolute atomic E-state index is 0.497. The van der Waals surface area contributed by atoms with Crippen LogP contribution < -0.4 is 0 Å². The van der Waals surface area contributed by atoms with Crippen LogP contribution >= 0.6 is 11.3 Å². The highest BCUT2D eigenvalue weighted by Gasteiger charge is 2.29. The SMILES string of the molecule is CCc1ccc(-c2nc(C3CC3)c(CC#N)s2)cc1. The Morgan fingerprint density at radius 1 is 1.32 bits per heavy atom. The van der Waals surface area contributed by atoms with E-state index in [4.69, 9.17) is 10.2 Å². The van der Waals surface area contributed by atoms with Gasteiger partial charge in [-0.2, -0.15) is 5.26 Å². The van der Waals surface area contributed by atoms with Gasteiger partial charge in [-0.25, -0.2) is 4.98 Å². The molecule has 0 unspecified atom stereocenters. The molecule has 1 saturated carbocycles. The summed E-state index contributed by atoms with van der Waals surface area (Å²) in [5.74, 6) is 0.614. The minimum atomic E-state index is 0.497. The monoisotopic (exact) mass is 268 g/mol. The van der Waals surface area contributed by atoms with Gasteiger partial charge in [-0.1, -0.05) is 31.2 Å². The number of nitrogens with zero attached hydrogens (tertiary/aromatic N) is 2. The quantitative estimate of drug-likeness (QED) is 0.828. The molecular formula is C16H16N2S. The Bertz CT molecular complexity index is 615. The van der Waals surface area contributed by atoms with E-state index in [9.17, 15) is 0 Å². The number of aryl methyl sites for hydroxylation is 1. The fourth-order valence-electron chi connectivity index (χ4n) is 2.24. The summed E-state index contributed by atoms with van der Waals surface area (Å²) in [5.41, 5.74) is 3.70. The van der Waals surface area contributed by atoms with Crippen molar-refractivity contribution in [3.63, 3.8) is 0 Å². The molecule has 0 amide bonds. The summed E-state index contributed by atoms with van der Waals surface area (Å²) in [6.07, 6.45) is 4.02. The Labute approximate surface area is 117 Å². The smallest absolute Gasteiger partial charge is 0.123 e. The molecule has 1 aromatic carbocycles. The van der Waals surface area contributed by atoms with E-state index in [1.165, 1.54) is 34.5 Å². The summed E-state index contributed by atoms with van der Waals surface area (Å²) in [5, 5.41) is 9.99. The van der Waals surface area contributed by atoms with Gasteiger partial charge in [-0.15, -0.1) is 11.3 Å². The zero-order chi connectivity index (χ0) is 13.2. The molecule has 0 aliphatic heterocycles. The molecule has 19 heavy (non-hydrogen) atoms. The fraction of sp³-hybridized carbons (Fsp3) is 0.375. The molecule has 0 saturated heterocycles. The summed E-state index contributed by atoms with van der Waals surface area (Å²) < 4.78 is 0. The Morgan fingerprint density at radius 3 is 2.63 bits per heavy atom. The highest BCUT2D eigenvalue weighted by atomic mass is 32.1. The van der Waals surface area contributed by atoms with Gasteiger partial charge in [0.15, 0.2) is 0 Å². The van der Waals surface area contributed by atoms with E-state index in [0.717, 1.165) is 11.4 Å². The van der Waals surface area contributed by atoms with E-state index >= 15 is 0 Å². The van der Waals surface area contributed by atoms with Gasteiger partial charge in [0, 0.05) is 16.4 Å². The first-order valence-electron chi connectivity index (χ1n) is 6.77. The highest BCUT2D eigenvalue weighted by molar-refractivity contribution is 7.15. The predicted molar refractivity (Wildman–Crippen MR) is 78.2 cm³/mol. The lowest BCUT2D eigenvalue weighted by Gasteiger charge is -1.98. The summed E-state index contributed by atoms with van der Waals surface area (Å²) in [6.45, 7) is 2.16. The zero-order valence-corrected chi connectivity index (χ0v) is 11.8. The van der Waals surface area contributed by atoms with Crippen molar-refractivity contribution in [3.05, 3.63) is 40.4 Å². The molecule has 96 valence electrons. The summed E-state index contributed by atoms with van der Waals surface area (Å²) in [7, 11) is 0. The van der Waals surface area contributed by atoms with Crippen LogP contribution in [0, 0.1) is 11.3 Å². The van der Waals surface area contributed by atoms with Gasteiger partial charge in [0.05, 0.1) is 18.2 Å². The second-order valence-electron chi connectivity index (χ2n) is 4.99. The molecule has 2 nitrogen and oxygen atoms in total. The van der Waals surface area contributed by atoms with Crippen molar-refractivity contribution in [2.45, 2.75) is 38.5 Å². The van der Waals surface area contributed by atoms with Gasteiger partial charge in [-0.3, -0.25) is 0 Å². The molecule has 0 N–H and O–H groups in total. The zero-order valence-electron chi connectivity index (χ0n) is 11.0. The second-order valence-corrected chi connectivity index (χ2v) is 6.07. The van der Waals surface area contributed by atoms with Crippen molar-refractivity contribution < 1.29 is 0 Å². The van der Waals surface area contributed by atoms with Crippen molar-refractivity contribution in [1.82, 2.24) is 4.98 Å². The number of benzene rings is 1. The molecule has 0 spiro atoms. The first-order valence-corrected chi connectivity index (χ1v) is 7.59. The minimum Gasteiger partial charge on any atom is -0.240 e. The molecule has 1 fully saturated rings. The highest BCUT2D eigenvalue weighted by Crippen LogP contribution is 2.44. The second kappa shape index (κ2) is 5.14. The van der Waals surface area contributed by atoms with Crippen molar-refractivity contribution >= 4 is 11.3 Å². The molecule has 0 bridgehead atoms. The van der Waals surface area contributed by atoms with Crippen LogP contribution in [0.4, 0.5) is 0 Å².